The van der Waals surface area contributed by atoms with E-state index in [2.05, 4.69) is 15.5 Å². The third-order valence-corrected chi connectivity index (χ3v) is 5.63. The minimum atomic E-state index is -0.759. The van der Waals surface area contributed by atoms with Crippen LogP contribution >= 0.6 is 11.6 Å². The molecule has 1 aromatic heterocycles. The van der Waals surface area contributed by atoms with E-state index in [-0.39, 0.29) is 11.6 Å². The second-order valence-electron chi connectivity index (χ2n) is 7.29. The first-order chi connectivity index (χ1) is 15.0. The predicted octanol–water partition coefficient (Wildman–Crippen LogP) is 3.48. The maximum absolute atomic E-state index is 12.6. The zero-order chi connectivity index (χ0) is 21.5. The molecule has 0 spiro atoms. The van der Waals surface area contributed by atoms with Crippen molar-refractivity contribution in [2.45, 2.75) is 12.5 Å². The van der Waals surface area contributed by atoms with E-state index >= 15 is 0 Å². The first-order valence-electron chi connectivity index (χ1n) is 9.67. The lowest BCUT2D eigenvalue weighted by Crippen LogP contribution is -2.33. The van der Waals surface area contributed by atoms with E-state index in [1.54, 1.807) is 18.2 Å². The number of fused-ring (bicyclic) bond motifs is 1. The molecule has 154 valence electrons. The summed E-state index contributed by atoms with van der Waals surface area (Å²) in [5, 5.41) is 17.8. The number of nitrogens with one attached hydrogen (secondary N) is 2. The standard InChI is InChI=1S/C23H17ClN4O3/c24-14-7-4-8-15(11-14)28-22(30)20(21(29)25-23(28)31)19-12-18(26-27-19)17-10-3-6-13-5-1-2-9-16(13)17/h1-11,18,26,30H,12H2,(H,25,29,31)/t18-/m1/s1. The molecule has 1 aliphatic rings. The molecule has 0 amide bonds. The van der Waals surface area contributed by atoms with Gasteiger partial charge in [-0.3, -0.25) is 9.78 Å². The second-order valence-corrected chi connectivity index (χ2v) is 7.72. The molecule has 0 fully saturated rings. The zero-order valence-corrected chi connectivity index (χ0v) is 16.9. The molecule has 5 rings (SSSR count). The van der Waals surface area contributed by atoms with Crippen molar-refractivity contribution >= 4 is 28.1 Å². The van der Waals surface area contributed by atoms with Crippen molar-refractivity contribution in [1.29, 1.82) is 0 Å². The lowest BCUT2D eigenvalue weighted by atomic mass is 9.95. The summed E-state index contributed by atoms with van der Waals surface area (Å²) in [6.07, 6.45) is 0.373. The Morgan fingerprint density at radius 1 is 1.03 bits per heavy atom. The van der Waals surface area contributed by atoms with E-state index in [0.717, 1.165) is 20.9 Å². The van der Waals surface area contributed by atoms with E-state index < -0.39 is 17.1 Å². The van der Waals surface area contributed by atoms with Crippen molar-refractivity contribution in [3.05, 3.63) is 104 Å². The minimum absolute atomic E-state index is 0.0465. The zero-order valence-electron chi connectivity index (χ0n) is 16.2. The summed E-state index contributed by atoms with van der Waals surface area (Å²) in [6.45, 7) is 0. The van der Waals surface area contributed by atoms with Crippen LogP contribution in [0.25, 0.3) is 16.5 Å². The number of H-pyrrole nitrogens is 1. The van der Waals surface area contributed by atoms with Crippen LogP contribution in [0.15, 0.2) is 81.4 Å². The Labute approximate surface area is 181 Å². The highest BCUT2D eigenvalue weighted by atomic mass is 35.5. The number of aromatic nitrogens is 2. The van der Waals surface area contributed by atoms with Crippen LogP contribution in [0.3, 0.4) is 0 Å². The Bertz CT molecular complexity index is 1470. The number of aromatic amines is 1. The van der Waals surface area contributed by atoms with E-state index in [9.17, 15) is 14.7 Å². The van der Waals surface area contributed by atoms with E-state index in [1.807, 2.05) is 42.5 Å². The van der Waals surface area contributed by atoms with Gasteiger partial charge in [0.2, 0.25) is 5.88 Å². The summed E-state index contributed by atoms with van der Waals surface area (Å²) in [6, 6.07) is 20.3. The second kappa shape index (κ2) is 7.45. The van der Waals surface area contributed by atoms with E-state index in [0.29, 0.717) is 22.8 Å². The maximum Gasteiger partial charge on any atom is 0.335 e. The number of hydrazone groups is 1. The molecule has 0 aliphatic carbocycles. The fourth-order valence-electron chi connectivity index (χ4n) is 3.97. The Kier molecular flexibility index (Phi) is 4.60. The lowest BCUT2D eigenvalue weighted by molar-refractivity contribution is 0.429. The van der Waals surface area contributed by atoms with Gasteiger partial charge in [0.1, 0.15) is 5.56 Å². The van der Waals surface area contributed by atoms with Gasteiger partial charge in [0.05, 0.1) is 17.4 Å². The minimum Gasteiger partial charge on any atom is -0.493 e. The summed E-state index contributed by atoms with van der Waals surface area (Å²) >= 11 is 6.03. The van der Waals surface area contributed by atoms with Crippen LogP contribution < -0.4 is 16.7 Å². The lowest BCUT2D eigenvalue weighted by Gasteiger charge is -2.14. The molecule has 3 N–H and O–H groups in total. The summed E-state index contributed by atoms with van der Waals surface area (Å²) in [5.74, 6) is -0.477. The molecule has 31 heavy (non-hydrogen) atoms. The number of hydrogen-bond donors (Lipinski definition) is 3. The Hall–Kier alpha value is -3.84. The molecule has 0 saturated heterocycles. The van der Waals surface area contributed by atoms with Crippen molar-refractivity contribution in [3.63, 3.8) is 0 Å². The molecule has 0 bridgehead atoms. The summed E-state index contributed by atoms with van der Waals surface area (Å²) in [4.78, 5) is 27.3. The molecule has 7 nitrogen and oxygen atoms in total. The number of halogens is 1. The predicted molar refractivity (Wildman–Crippen MR) is 120 cm³/mol. The normalized spacial score (nSPS) is 15.6. The van der Waals surface area contributed by atoms with Gasteiger partial charge in [-0.2, -0.15) is 5.10 Å². The SMILES string of the molecule is O=c1[nH]c(=O)n(-c2cccc(Cl)c2)c(O)c1C1=NN[C@@H](c2cccc3ccccc23)C1. The van der Waals surface area contributed by atoms with Gasteiger partial charge >= 0.3 is 5.69 Å². The molecule has 4 aromatic rings. The Balaban J connectivity index is 1.57. The van der Waals surface area contributed by atoms with Crippen LogP contribution in [-0.4, -0.2) is 20.4 Å². The van der Waals surface area contributed by atoms with Crippen LogP contribution in [0, 0.1) is 0 Å². The number of benzene rings is 3. The Morgan fingerprint density at radius 2 is 1.81 bits per heavy atom. The van der Waals surface area contributed by atoms with Crippen molar-refractivity contribution in [3.8, 4) is 11.6 Å². The van der Waals surface area contributed by atoms with Gasteiger partial charge in [-0.15, -0.1) is 0 Å². The Morgan fingerprint density at radius 3 is 2.65 bits per heavy atom. The van der Waals surface area contributed by atoms with Gasteiger partial charge in [0, 0.05) is 11.4 Å². The van der Waals surface area contributed by atoms with Crippen molar-refractivity contribution < 1.29 is 5.11 Å². The topological polar surface area (TPSA) is 99.5 Å². The van der Waals surface area contributed by atoms with Gasteiger partial charge < -0.3 is 10.5 Å². The van der Waals surface area contributed by atoms with Crippen molar-refractivity contribution in [1.82, 2.24) is 15.0 Å². The van der Waals surface area contributed by atoms with Gasteiger partial charge in [-0.1, -0.05) is 60.1 Å². The van der Waals surface area contributed by atoms with Crippen LogP contribution in [0.4, 0.5) is 0 Å². The highest BCUT2D eigenvalue weighted by Gasteiger charge is 2.28. The summed E-state index contributed by atoms with van der Waals surface area (Å²) < 4.78 is 1.01. The van der Waals surface area contributed by atoms with Gasteiger partial charge in [-0.05, 0) is 34.5 Å². The smallest absolute Gasteiger partial charge is 0.335 e. The quantitative estimate of drug-likeness (QED) is 0.461. The molecular weight excluding hydrogens is 416 g/mol. The summed E-state index contributed by atoms with van der Waals surface area (Å²) in [7, 11) is 0. The molecule has 1 atom stereocenters. The molecule has 8 heteroatoms. The highest BCUT2D eigenvalue weighted by molar-refractivity contribution is 6.30. The van der Waals surface area contributed by atoms with Gasteiger partial charge in [0.15, 0.2) is 0 Å². The molecule has 0 radical (unpaired) electrons. The molecule has 3 aromatic carbocycles. The van der Waals surface area contributed by atoms with E-state index in [4.69, 9.17) is 11.6 Å². The molecule has 0 saturated carbocycles. The van der Waals surface area contributed by atoms with Gasteiger partial charge in [-0.25, -0.2) is 9.36 Å². The van der Waals surface area contributed by atoms with Crippen LogP contribution in [0.5, 0.6) is 5.88 Å². The molecular formula is C23H17ClN4O3. The average Bonchev–Trinajstić information content (AvgIpc) is 3.22. The fraction of sp³-hybridized carbons (Fsp3) is 0.0870. The molecule has 1 aliphatic heterocycles. The van der Waals surface area contributed by atoms with Crippen LogP contribution in [-0.2, 0) is 0 Å². The van der Waals surface area contributed by atoms with Gasteiger partial charge in [0.25, 0.3) is 5.56 Å². The number of aromatic hydroxyl groups is 1. The van der Waals surface area contributed by atoms with Crippen molar-refractivity contribution in [2.75, 3.05) is 0 Å². The average molecular weight is 433 g/mol. The number of nitrogens with zero attached hydrogens (tertiary/aromatic N) is 2. The van der Waals surface area contributed by atoms with Crippen LogP contribution in [0.1, 0.15) is 23.6 Å². The summed E-state index contributed by atoms with van der Waals surface area (Å²) in [5.41, 5.74) is 3.31. The fourth-order valence-corrected chi connectivity index (χ4v) is 4.16. The first kappa shape index (κ1) is 19.1. The van der Waals surface area contributed by atoms with E-state index in [1.165, 1.54) is 6.07 Å². The largest absolute Gasteiger partial charge is 0.493 e. The molecule has 0 unspecified atom stereocenters. The first-order valence-corrected chi connectivity index (χ1v) is 10.0. The number of hydrogen-bond acceptors (Lipinski definition) is 5. The number of rotatable bonds is 3. The maximum atomic E-state index is 12.6. The highest BCUT2D eigenvalue weighted by Crippen LogP contribution is 2.31. The third kappa shape index (κ3) is 3.29. The van der Waals surface area contributed by atoms with Crippen LogP contribution in [0.2, 0.25) is 5.02 Å². The monoisotopic (exact) mass is 432 g/mol. The van der Waals surface area contributed by atoms with Crippen molar-refractivity contribution in [2.24, 2.45) is 5.10 Å². The molecule has 2 heterocycles. The third-order valence-electron chi connectivity index (χ3n) is 5.39.